The van der Waals surface area contributed by atoms with Gasteiger partial charge in [0.15, 0.2) is 30.4 Å². The van der Waals surface area contributed by atoms with Gasteiger partial charge in [0.25, 0.3) is 0 Å². The number of carbonyl (C=O) groups excluding carboxylic acids is 3. The summed E-state index contributed by atoms with van der Waals surface area (Å²) >= 11 is 1.60. The Labute approximate surface area is 408 Å². The molecule has 0 bridgehead atoms. The van der Waals surface area contributed by atoms with Gasteiger partial charge in [-0.2, -0.15) is 0 Å². The van der Waals surface area contributed by atoms with Crippen LogP contribution in [-0.4, -0.2) is 44.2 Å². The third-order valence-electron chi connectivity index (χ3n) is 15.7. The van der Waals surface area contributed by atoms with E-state index in [9.17, 15) is 14.4 Å². The van der Waals surface area contributed by atoms with Crippen LogP contribution >= 0.6 is 11.3 Å². The third-order valence-corrected chi connectivity index (χ3v) is 16.9. The van der Waals surface area contributed by atoms with Crippen molar-refractivity contribution in [3.8, 4) is 11.5 Å². The number of aryl methyl sites for hydroxylation is 1. The first-order valence-corrected chi connectivity index (χ1v) is 25.0. The summed E-state index contributed by atoms with van der Waals surface area (Å²) in [6.07, 6.45) is 13.2. The van der Waals surface area contributed by atoms with Crippen molar-refractivity contribution < 1.29 is 23.9 Å². The predicted octanol–water partition coefficient (Wildman–Crippen LogP) is 9.23. The maximum absolute atomic E-state index is 12.4. The Bertz CT molecular complexity index is 3530. The molecular weight excluding hydrogens is 893 g/mol. The number of fused-ring (bicyclic) bond motifs is 5. The van der Waals surface area contributed by atoms with E-state index in [1.54, 1.807) is 11.3 Å². The van der Waals surface area contributed by atoms with E-state index in [2.05, 4.69) is 71.4 Å². The largest absolute Gasteiger partial charge is 0.485 e. The molecule has 5 aromatic carbocycles. The van der Waals surface area contributed by atoms with Gasteiger partial charge in [-0.05, 0) is 105 Å². The molecule has 0 spiro atoms. The number of rotatable bonds is 9. The molecule has 1 aromatic heterocycles. The molecule has 0 radical (unpaired) electrons. The smallest absolute Gasteiger partial charge is 0.180 e. The van der Waals surface area contributed by atoms with Crippen LogP contribution in [0.4, 0.5) is 0 Å². The second kappa shape index (κ2) is 16.3. The highest BCUT2D eigenvalue weighted by atomic mass is 32.1. The van der Waals surface area contributed by atoms with Gasteiger partial charge in [0.05, 0.1) is 62.8 Å². The molecule has 0 saturated carbocycles. The highest BCUT2D eigenvalue weighted by molar-refractivity contribution is 7.15. The van der Waals surface area contributed by atoms with Crippen molar-refractivity contribution >= 4 is 68.5 Å². The van der Waals surface area contributed by atoms with Crippen LogP contribution in [0.25, 0.3) is 38.3 Å². The normalized spacial score (nSPS) is 23.0. The van der Waals surface area contributed by atoms with Crippen molar-refractivity contribution in [2.24, 2.45) is 17.2 Å². The summed E-state index contributed by atoms with van der Waals surface area (Å²) in [4.78, 5) is 39.0. The average molecular weight is 943 g/mol. The Morgan fingerprint density at radius 1 is 0.671 bits per heavy atom. The molecule has 13 rings (SSSR count). The minimum absolute atomic E-state index is 0.106. The first kappa shape index (κ1) is 42.6. The van der Waals surface area contributed by atoms with E-state index >= 15 is 0 Å². The molecule has 5 unspecified atom stereocenters. The molecule has 5 aliphatic carbocycles. The summed E-state index contributed by atoms with van der Waals surface area (Å²) in [6.45, 7) is 2.80. The molecule has 12 heteroatoms. The number of piperazine rings is 1. The Morgan fingerprint density at radius 2 is 1.30 bits per heavy atom. The number of ether oxygens (including phenoxy) is 2. The van der Waals surface area contributed by atoms with Crippen LogP contribution < -0.4 is 42.6 Å². The minimum Gasteiger partial charge on any atom is -0.485 e. The Kier molecular flexibility index (Phi) is 9.92. The highest BCUT2D eigenvalue weighted by Crippen LogP contribution is 2.57. The fraction of sp³-hybridized carbons (Fsp3) is 0.224. The minimum atomic E-state index is -0.679. The van der Waals surface area contributed by atoms with Crippen LogP contribution in [0, 0.1) is 6.92 Å². The van der Waals surface area contributed by atoms with Crippen LogP contribution in [0.2, 0.25) is 0 Å². The second-order valence-corrected chi connectivity index (χ2v) is 20.3. The standard InChI is InChI=1S/C58H50N6O5S/c1-28-12-17-36-40(24-31-13-14-32(25-65)41(28)43(31)36)62-50-39(21-20-35(47(50)59)29-8-4-2-5-9-29)57-55-56(69-23-22-68-55)58(70-57)46-49(61)48(60)44(30-10-6-3-7-11-30)53-54(46)64-52-38-19-16-34(27-67)42-33(26-66)15-18-37(45(38)42)51(52)63-53/h2-4,6-8,10-19,25-27,40,48-49,51-52,62-64H,5,9,20-24,59-61H2,1H3. The number of hydrogen-bond donors (Lipinski definition) is 6. The number of carbonyl (C=O) groups is 3. The molecule has 1 saturated heterocycles. The molecule has 70 heavy (non-hydrogen) atoms. The number of thiophene rings is 1. The summed E-state index contributed by atoms with van der Waals surface area (Å²) in [5.74, 6) is 1.29. The van der Waals surface area contributed by atoms with Gasteiger partial charge in [0.2, 0.25) is 0 Å². The van der Waals surface area contributed by atoms with E-state index in [-0.39, 0.29) is 18.1 Å². The van der Waals surface area contributed by atoms with Crippen LogP contribution in [0.3, 0.4) is 0 Å². The number of allylic oxidation sites excluding steroid dienone is 6. The van der Waals surface area contributed by atoms with Gasteiger partial charge in [-0.15, -0.1) is 11.3 Å². The Morgan fingerprint density at radius 3 is 1.99 bits per heavy atom. The lowest BCUT2D eigenvalue weighted by atomic mass is 9.79. The first-order chi connectivity index (χ1) is 34.3. The molecule has 6 aromatic rings. The third kappa shape index (κ3) is 6.16. The van der Waals surface area contributed by atoms with Crippen molar-refractivity contribution in [1.29, 1.82) is 0 Å². The zero-order valence-corrected chi connectivity index (χ0v) is 39.3. The number of aldehydes is 3. The van der Waals surface area contributed by atoms with E-state index in [4.69, 9.17) is 26.7 Å². The molecule has 11 nitrogen and oxygen atoms in total. The van der Waals surface area contributed by atoms with Crippen molar-refractivity contribution in [3.05, 3.63) is 191 Å². The molecule has 9 N–H and O–H groups in total. The van der Waals surface area contributed by atoms with Crippen molar-refractivity contribution in [2.45, 2.75) is 69.2 Å². The van der Waals surface area contributed by atoms with E-state index in [0.717, 1.165) is 143 Å². The molecule has 1 fully saturated rings. The van der Waals surface area contributed by atoms with E-state index < -0.39 is 12.1 Å². The van der Waals surface area contributed by atoms with E-state index in [1.165, 1.54) is 11.1 Å². The molecule has 3 heterocycles. The highest BCUT2D eigenvalue weighted by Gasteiger charge is 2.47. The molecule has 7 aliphatic rings. The lowest BCUT2D eigenvalue weighted by molar-refractivity contribution is 0.111. The quantitative estimate of drug-likeness (QED) is 0.0760. The van der Waals surface area contributed by atoms with Gasteiger partial charge in [-0.25, -0.2) is 0 Å². The summed E-state index contributed by atoms with van der Waals surface area (Å²) in [5.41, 5.74) is 38.8. The van der Waals surface area contributed by atoms with Gasteiger partial charge in [-0.3, -0.25) is 14.4 Å². The van der Waals surface area contributed by atoms with Gasteiger partial charge >= 0.3 is 0 Å². The molecule has 348 valence electrons. The lowest BCUT2D eigenvalue weighted by Crippen LogP contribution is -2.52. The zero-order valence-electron chi connectivity index (χ0n) is 38.5. The summed E-state index contributed by atoms with van der Waals surface area (Å²) < 4.78 is 13.4. The summed E-state index contributed by atoms with van der Waals surface area (Å²) in [6, 6.07) is 24.1. The van der Waals surface area contributed by atoms with Crippen molar-refractivity contribution in [2.75, 3.05) is 13.2 Å². The van der Waals surface area contributed by atoms with Crippen LogP contribution in [-0.2, 0) is 6.42 Å². The fourth-order valence-electron chi connectivity index (χ4n) is 12.5. The van der Waals surface area contributed by atoms with Crippen molar-refractivity contribution in [3.63, 3.8) is 0 Å². The maximum atomic E-state index is 12.4. The SMILES string of the molecule is Cc1ccc2c3c(ccc(C=O)c13)CC2NC1=C(c2sc(C3=C4NC5c6ccc(C=O)c7c(C=O)ccc(c67)C5NC4=C(c4ccccc4)C(N)C3N)c3c2OCCO3)CCC(C2=CC=CCC2)=C1N. The number of benzene rings is 5. The molecular formula is C58H50N6O5S. The van der Waals surface area contributed by atoms with E-state index in [1.807, 2.05) is 48.5 Å². The topological polar surface area (TPSA) is 184 Å². The van der Waals surface area contributed by atoms with Gasteiger partial charge in [-0.1, -0.05) is 97.1 Å². The van der Waals surface area contributed by atoms with E-state index in [0.29, 0.717) is 53.2 Å². The lowest BCUT2D eigenvalue weighted by Gasteiger charge is -2.43. The second-order valence-electron chi connectivity index (χ2n) is 19.3. The van der Waals surface area contributed by atoms with Crippen LogP contribution in [0.15, 0.2) is 131 Å². The van der Waals surface area contributed by atoms with Crippen molar-refractivity contribution in [1.82, 2.24) is 16.0 Å². The molecule has 0 amide bonds. The predicted molar refractivity (Wildman–Crippen MR) is 275 cm³/mol. The van der Waals surface area contributed by atoms with Crippen LogP contribution in [0.5, 0.6) is 11.5 Å². The zero-order chi connectivity index (χ0) is 47.5. The number of nitrogens with two attached hydrogens (primary N) is 3. The Hall–Kier alpha value is -7.51. The maximum Gasteiger partial charge on any atom is 0.180 e. The molecule has 5 atom stereocenters. The number of nitrogens with one attached hydrogen (secondary N) is 3. The first-order valence-electron chi connectivity index (χ1n) is 24.1. The average Bonchev–Trinajstić information content (AvgIpc) is 4.06. The monoisotopic (exact) mass is 942 g/mol. The summed E-state index contributed by atoms with van der Waals surface area (Å²) in [7, 11) is 0. The van der Waals surface area contributed by atoms with Crippen LogP contribution in [0.1, 0.15) is 118 Å². The van der Waals surface area contributed by atoms with Gasteiger partial charge in [0, 0.05) is 33.2 Å². The molecule has 2 aliphatic heterocycles. The fourth-order valence-corrected chi connectivity index (χ4v) is 13.9. The summed E-state index contributed by atoms with van der Waals surface area (Å²) in [5, 5.41) is 15.7. The van der Waals surface area contributed by atoms with Gasteiger partial charge < -0.3 is 42.6 Å². The number of hydrogen-bond acceptors (Lipinski definition) is 12. The van der Waals surface area contributed by atoms with Gasteiger partial charge in [0.1, 0.15) is 13.2 Å². The Balaban J connectivity index is 1.01.